The van der Waals surface area contributed by atoms with Crippen molar-refractivity contribution in [3.05, 3.63) is 59.6 Å². The number of anilines is 1. The maximum atomic E-state index is 13.0. The van der Waals surface area contributed by atoms with E-state index >= 15 is 0 Å². The number of aromatic nitrogens is 3. The Hall–Kier alpha value is -1.88. The fourth-order valence-corrected chi connectivity index (χ4v) is 3.95. The van der Waals surface area contributed by atoms with Crippen molar-refractivity contribution in [2.24, 2.45) is 9.86 Å². The average Bonchev–Trinajstić information content (AvgIpc) is 3.58. The molecule has 9 heteroatoms. The van der Waals surface area contributed by atoms with Crippen molar-refractivity contribution in [2.45, 2.75) is 78.1 Å². The minimum absolute atomic E-state index is 0.0289. The molecule has 2 aromatic rings. The Balaban J connectivity index is 0.000000970. The van der Waals surface area contributed by atoms with Crippen molar-refractivity contribution in [3.63, 3.8) is 0 Å². The molecule has 2 aromatic heterocycles. The normalized spacial score (nSPS) is 17.7. The van der Waals surface area contributed by atoms with Crippen LogP contribution in [-0.2, 0) is 6.54 Å². The van der Waals surface area contributed by atoms with Crippen LogP contribution in [0.5, 0.6) is 0 Å². The number of fused-ring (bicyclic) bond motifs is 1. The minimum Gasteiger partial charge on any atom is -0.362 e. The molecule has 5 nitrogen and oxygen atoms in total. The van der Waals surface area contributed by atoms with Crippen molar-refractivity contribution < 1.29 is 13.2 Å². The van der Waals surface area contributed by atoms with Gasteiger partial charge in [0.2, 0.25) is 0 Å². The lowest BCUT2D eigenvalue weighted by molar-refractivity contribution is -0.0877. The highest BCUT2D eigenvalue weighted by molar-refractivity contribution is 14.1. The number of allylic oxidation sites excluding steroid dienone is 3. The Morgan fingerprint density at radius 2 is 1.91 bits per heavy atom. The van der Waals surface area contributed by atoms with Gasteiger partial charge in [0.25, 0.3) is 0 Å². The van der Waals surface area contributed by atoms with Gasteiger partial charge in [-0.15, -0.1) is 0 Å². The summed E-state index contributed by atoms with van der Waals surface area (Å²) in [6.45, 7) is 11.7. The minimum atomic E-state index is -4.44. The Labute approximate surface area is 214 Å². The Bertz CT molecular complexity index is 977. The number of hydrogen-bond acceptors (Lipinski definition) is 4. The van der Waals surface area contributed by atoms with Crippen LogP contribution in [0.2, 0.25) is 0 Å². The largest absolute Gasteiger partial charge is 0.415 e. The average molecular weight is 589 g/mol. The molecule has 0 aromatic carbocycles. The first-order valence-corrected chi connectivity index (χ1v) is 13.0. The molecule has 1 unspecified atom stereocenters. The molecule has 0 spiro atoms. The number of hydrogen-bond donors (Lipinski definition) is 2. The fourth-order valence-electron chi connectivity index (χ4n) is 3.95. The van der Waals surface area contributed by atoms with Crippen LogP contribution in [0.3, 0.4) is 0 Å². The molecule has 0 saturated heterocycles. The summed E-state index contributed by atoms with van der Waals surface area (Å²) in [6, 6.07) is 6.12. The maximum Gasteiger partial charge on any atom is 0.415 e. The van der Waals surface area contributed by atoms with Crippen LogP contribution in [0.25, 0.3) is 5.57 Å². The number of nitrogens with two attached hydrogens (primary N) is 1. The quantitative estimate of drug-likeness (QED) is 0.207. The summed E-state index contributed by atoms with van der Waals surface area (Å²) >= 11 is 1.65. The number of halogens is 4. The molecular formula is C25H35F3IN5. The van der Waals surface area contributed by atoms with E-state index in [1.165, 1.54) is 18.4 Å². The lowest BCUT2D eigenvalue weighted by atomic mass is 9.96. The second-order valence-corrected chi connectivity index (χ2v) is 8.54. The smallest absolute Gasteiger partial charge is 0.362 e. The van der Waals surface area contributed by atoms with Crippen molar-refractivity contribution in [1.29, 1.82) is 0 Å². The molecule has 2 aliphatic rings. The number of aryl methyl sites for hydroxylation is 1. The molecule has 3 N–H and O–H groups in total. The number of pyridine rings is 1. The first-order chi connectivity index (χ1) is 16.2. The molecule has 0 amide bonds. The van der Waals surface area contributed by atoms with E-state index in [4.69, 9.17) is 0 Å². The van der Waals surface area contributed by atoms with E-state index in [0.717, 1.165) is 37.0 Å². The van der Waals surface area contributed by atoms with Gasteiger partial charge in [-0.05, 0) is 72.9 Å². The SMILES string of the molecule is C=C(/C=C(/c1cc2n(n1)CCCC2Nc1cc(C2CC2)ccn1)C(C)C)C(F)(F)F.CC.NI. The van der Waals surface area contributed by atoms with Gasteiger partial charge in [0.15, 0.2) is 0 Å². The third-order valence-corrected chi connectivity index (χ3v) is 5.80. The molecule has 0 radical (unpaired) electrons. The lowest BCUT2D eigenvalue weighted by Gasteiger charge is -2.25. The molecule has 188 valence electrons. The maximum absolute atomic E-state index is 13.0. The van der Waals surface area contributed by atoms with Gasteiger partial charge in [0.1, 0.15) is 5.82 Å². The van der Waals surface area contributed by atoms with Gasteiger partial charge >= 0.3 is 6.18 Å². The highest BCUT2D eigenvalue weighted by Gasteiger charge is 2.32. The Kier molecular flexibility index (Phi) is 10.6. The van der Waals surface area contributed by atoms with Crippen molar-refractivity contribution in [1.82, 2.24) is 14.8 Å². The summed E-state index contributed by atoms with van der Waals surface area (Å²) in [7, 11) is 0. The second-order valence-electron chi connectivity index (χ2n) is 8.54. The number of alkyl halides is 3. The van der Waals surface area contributed by atoms with Gasteiger partial charge in [-0.1, -0.05) is 34.3 Å². The number of nitrogens with zero attached hydrogens (tertiary/aromatic N) is 3. The van der Waals surface area contributed by atoms with Crippen LogP contribution < -0.4 is 9.26 Å². The first-order valence-electron chi connectivity index (χ1n) is 11.7. The van der Waals surface area contributed by atoms with E-state index < -0.39 is 11.7 Å². The van der Waals surface area contributed by atoms with Crippen molar-refractivity contribution in [2.75, 3.05) is 5.32 Å². The fraction of sp³-hybridized carbons (Fsp3) is 0.520. The van der Waals surface area contributed by atoms with Gasteiger partial charge in [-0.3, -0.25) is 8.63 Å². The Morgan fingerprint density at radius 1 is 1.24 bits per heavy atom. The third kappa shape index (κ3) is 7.31. The molecular weight excluding hydrogens is 554 g/mol. The Morgan fingerprint density at radius 3 is 2.50 bits per heavy atom. The summed E-state index contributed by atoms with van der Waals surface area (Å²) in [4.78, 5) is 4.46. The second kappa shape index (κ2) is 12.7. The van der Waals surface area contributed by atoms with Crippen LogP contribution in [0.4, 0.5) is 19.0 Å². The van der Waals surface area contributed by atoms with E-state index in [9.17, 15) is 13.2 Å². The third-order valence-electron chi connectivity index (χ3n) is 5.80. The topological polar surface area (TPSA) is 68.8 Å². The van der Waals surface area contributed by atoms with Gasteiger partial charge in [0, 0.05) is 41.2 Å². The monoisotopic (exact) mass is 589 g/mol. The summed E-state index contributed by atoms with van der Waals surface area (Å²) < 4.78 is 45.5. The molecule has 3 heterocycles. The molecule has 1 atom stereocenters. The molecule has 1 aliphatic heterocycles. The standard InChI is InChI=1S/C23H27F3N4.C2H6.H2IN/c1-14(2)18(11-15(3)23(24,25)26)20-13-21-19(5-4-10-30(21)29-20)28-22-12-17(8-9-27-22)16-6-7-16;2*1-2/h8-9,11-14,16,19H,3-7,10H2,1-2H3,(H,27,28);1-2H3;2H2/b18-11+;;. The number of rotatable bonds is 6. The van der Waals surface area contributed by atoms with E-state index in [1.54, 1.807) is 22.9 Å². The summed E-state index contributed by atoms with van der Waals surface area (Å²) in [6.07, 6.45) is 2.86. The molecule has 34 heavy (non-hydrogen) atoms. The van der Waals surface area contributed by atoms with Crippen molar-refractivity contribution >= 4 is 34.3 Å². The van der Waals surface area contributed by atoms with Gasteiger partial charge in [-0.2, -0.15) is 18.3 Å². The zero-order valence-corrected chi connectivity index (χ0v) is 22.4. The first kappa shape index (κ1) is 28.4. The van der Waals surface area contributed by atoms with E-state index in [2.05, 4.69) is 38.1 Å². The summed E-state index contributed by atoms with van der Waals surface area (Å²) in [5.74, 6) is 1.38. The van der Waals surface area contributed by atoms with Crippen LogP contribution in [-0.4, -0.2) is 20.9 Å². The number of nitrogens with one attached hydrogen (secondary N) is 1. The molecule has 1 saturated carbocycles. The summed E-state index contributed by atoms with van der Waals surface area (Å²) in [5, 5.41) is 8.15. The molecule has 4 rings (SSSR count). The molecule has 1 fully saturated rings. The highest BCUT2D eigenvalue weighted by Crippen LogP contribution is 2.41. The lowest BCUT2D eigenvalue weighted by Crippen LogP contribution is -2.22. The van der Waals surface area contributed by atoms with Crippen molar-refractivity contribution in [3.8, 4) is 0 Å². The van der Waals surface area contributed by atoms with Crippen LogP contribution >= 0.6 is 22.9 Å². The van der Waals surface area contributed by atoms with Gasteiger partial charge < -0.3 is 5.32 Å². The van der Waals surface area contributed by atoms with E-state index in [0.29, 0.717) is 17.2 Å². The molecule has 1 aliphatic carbocycles. The van der Waals surface area contributed by atoms with Gasteiger partial charge in [-0.25, -0.2) is 4.98 Å². The van der Waals surface area contributed by atoms with Gasteiger partial charge in [0.05, 0.1) is 17.4 Å². The zero-order chi connectivity index (χ0) is 25.5. The predicted octanol–water partition coefficient (Wildman–Crippen LogP) is 7.58. The van der Waals surface area contributed by atoms with E-state index in [-0.39, 0.29) is 12.0 Å². The highest BCUT2D eigenvalue weighted by atomic mass is 127. The predicted molar refractivity (Wildman–Crippen MR) is 142 cm³/mol. The van der Waals surface area contributed by atoms with Crippen LogP contribution in [0.1, 0.15) is 82.3 Å². The van der Waals surface area contributed by atoms with E-state index in [1.807, 2.05) is 44.6 Å². The van der Waals surface area contributed by atoms with Crippen LogP contribution in [0, 0.1) is 5.92 Å². The van der Waals surface area contributed by atoms with Crippen LogP contribution in [0.15, 0.2) is 42.6 Å². The zero-order valence-electron chi connectivity index (χ0n) is 20.3. The summed E-state index contributed by atoms with van der Waals surface area (Å²) in [5.41, 5.74) is 2.57. The molecule has 0 bridgehead atoms.